The van der Waals surface area contributed by atoms with E-state index in [1.165, 1.54) is 13.1 Å². The summed E-state index contributed by atoms with van der Waals surface area (Å²) in [5.74, 6) is 0.881. The normalized spacial score (nSPS) is 9.81. The Labute approximate surface area is 92.9 Å². The number of carbonyl (C=O) groups excluding carboxylic acids is 1. The van der Waals surface area contributed by atoms with Crippen molar-refractivity contribution in [3.8, 4) is 11.8 Å². The Hall–Kier alpha value is -2.23. The molecule has 2 rings (SSSR count). The lowest BCUT2D eigenvalue weighted by Gasteiger charge is -2.02. The maximum absolute atomic E-state index is 11.0. The molecule has 2 heterocycles. The highest BCUT2D eigenvalue weighted by molar-refractivity contribution is 5.93. The van der Waals surface area contributed by atoms with E-state index >= 15 is 0 Å². The van der Waals surface area contributed by atoms with Crippen LogP contribution in [0.1, 0.15) is 17.3 Å². The fraction of sp³-hybridized carbons (Fsp3) is 0.0833. The molecule has 0 saturated carbocycles. The minimum atomic E-state index is -0.0168. The summed E-state index contributed by atoms with van der Waals surface area (Å²) in [6, 6.07) is 8.69. The number of hydrogen-bond donors (Lipinski definition) is 0. The van der Waals surface area contributed by atoms with Crippen LogP contribution in [-0.2, 0) is 0 Å². The van der Waals surface area contributed by atoms with Gasteiger partial charge >= 0.3 is 0 Å². The predicted molar refractivity (Wildman–Crippen MR) is 58.6 cm³/mol. The van der Waals surface area contributed by atoms with Crippen molar-refractivity contribution in [2.24, 2.45) is 0 Å². The van der Waals surface area contributed by atoms with E-state index in [-0.39, 0.29) is 5.78 Å². The molecule has 0 fully saturated rings. The predicted octanol–water partition coefficient (Wildman–Crippen LogP) is 2.47. The Morgan fingerprint density at radius 1 is 1.12 bits per heavy atom. The van der Waals surface area contributed by atoms with Crippen molar-refractivity contribution >= 4 is 5.78 Å². The molecular weight excluding hydrogens is 204 g/mol. The topological polar surface area (TPSA) is 52.1 Å². The molecule has 0 aliphatic carbocycles. The smallest absolute Gasteiger partial charge is 0.221 e. The Morgan fingerprint density at radius 3 is 2.50 bits per heavy atom. The van der Waals surface area contributed by atoms with Gasteiger partial charge in [-0.15, -0.1) is 0 Å². The quantitative estimate of drug-likeness (QED) is 0.736. The standard InChI is InChI=1S/C12H10N2O2/c1-9(15)10-5-6-12(14-8-10)16-11-4-2-3-7-13-11/h2-8H,1H3. The lowest BCUT2D eigenvalue weighted by Crippen LogP contribution is -1.94. The van der Waals surface area contributed by atoms with Gasteiger partial charge in [-0.25, -0.2) is 9.97 Å². The molecule has 4 nitrogen and oxygen atoms in total. The molecule has 0 amide bonds. The van der Waals surface area contributed by atoms with Crippen molar-refractivity contribution in [3.63, 3.8) is 0 Å². The molecule has 0 atom stereocenters. The van der Waals surface area contributed by atoms with Gasteiger partial charge in [-0.1, -0.05) is 6.07 Å². The van der Waals surface area contributed by atoms with Gasteiger partial charge in [-0.2, -0.15) is 0 Å². The molecule has 2 aromatic rings. The van der Waals surface area contributed by atoms with Crippen LogP contribution >= 0.6 is 0 Å². The van der Waals surface area contributed by atoms with Crippen LogP contribution in [0.2, 0.25) is 0 Å². The zero-order valence-electron chi connectivity index (χ0n) is 8.75. The second-order valence-electron chi connectivity index (χ2n) is 3.21. The van der Waals surface area contributed by atoms with Crippen molar-refractivity contribution in [2.45, 2.75) is 6.92 Å². The second-order valence-corrected chi connectivity index (χ2v) is 3.21. The van der Waals surface area contributed by atoms with Gasteiger partial charge < -0.3 is 4.74 Å². The van der Waals surface area contributed by atoms with E-state index in [2.05, 4.69) is 9.97 Å². The van der Waals surface area contributed by atoms with E-state index in [1.807, 2.05) is 6.07 Å². The molecule has 16 heavy (non-hydrogen) atoms. The molecule has 0 radical (unpaired) electrons. The summed E-state index contributed by atoms with van der Waals surface area (Å²) in [5, 5.41) is 0. The number of aromatic nitrogens is 2. The number of hydrogen-bond acceptors (Lipinski definition) is 4. The molecular formula is C12H10N2O2. The molecule has 80 valence electrons. The summed E-state index contributed by atoms with van der Waals surface area (Å²) in [6.07, 6.45) is 3.12. The summed E-state index contributed by atoms with van der Waals surface area (Å²) >= 11 is 0. The first kappa shape index (κ1) is 10.3. The molecule has 0 spiro atoms. The molecule has 2 aromatic heterocycles. The molecule has 0 unspecified atom stereocenters. The first-order valence-electron chi connectivity index (χ1n) is 4.81. The maximum Gasteiger partial charge on any atom is 0.221 e. The number of carbonyl (C=O) groups is 1. The monoisotopic (exact) mass is 214 g/mol. The SMILES string of the molecule is CC(=O)c1ccc(Oc2ccccn2)nc1. The van der Waals surface area contributed by atoms with Gasteiger partial charge in [0.15, 0.2) is 5.78 Å². The minimum absolute atomic E-state index is 0.0168. The third-order valence-electron chi connectivity index (χ3n) is 1.99. The largest absolute Gasteiger partial charge is 0.421 e. The van der Waals surface area contributed by atoms with Crippen molar-refractivity contribution < 1.29 is 9.53 Å². The fourth-order valence-electron chi connectivity index (χ4n) is 1.16. The van der Waals surface area contributed by atoms with Crippen LogP contribution in [0.15, 0.2) is 42.7 Å². The number of ether oxygens (including phenoxy) is 1. The highest BCUT2D eigenvalue weighted by Gasteiger charge is 2.02. The first-order valence-corrected chi connectivity index (χ1v) is 4.81. The fourth-order valence-corrected chi connectivity index (χ4v) is 1.16. The Morgan fingerprint density at radius 2 is 1.94 bits per heavy atom. The zero-order chi connectivity index (χ0) is 11.4. The van der Waals surface area contributed by atoms with Gasteiger partial charge in [-0.3, -0.25) is 4.79 Å². The number of ketones is 1. The van der Waals surface area contributed by atoms with E-state index in [4.69, 9.17) is 4.74 Å². The van der Waals surface area contributed by atoms with Gasteiger partial charge in [0.05, 0.1) is 0 Å². The van der Waals surface area contributed by atoms with E-state index in [9.17, 15) is 4.79 Å². The zero-order valence-corrected chi connectivity index (χ0v) is 8.75. The minimum Gasteiger partial charge on any atom is -0.421 e. The number of pyridine rings is 2. The van der Waals surface area contributed by atoms with Crippen LogP contribution in [0.25, 0.3) is 0 Å². The summed E-state index contributed by atoms with van der Waals surface area (Å²) in [4.78, 5) is 19.0. The molecule has 0 aromatic carbocycles. The number of nitrogens with zero attached hydrogens (tertiary/aromatic N) is 2. The molecule has 0 aliphatic heterocycles. The average Bonchev–Trinajstić information content (AvgIpc) is 2.31. The summed E-state index contributed by atoms with van der Waals surface area (Å²) in [5.41, 5.74) is 0.563. The van der Waals surface area contributed by atoms with Crippen LogP contribution in [0.5, 0.6) is 11.8 Å². The highest BCUT2D eigenvalue weighted by Crippen LogP contribution is 2.16. The summed E-state index contributed by atoms with van der Waals surface area (Å²) in [7, 11) is 0. The van der Waals surface area contributed by atoms with Crippen LogP contribution in [0.3, 0.4) is 0 Å². The number of Topliss-reactive ketones (excluding diaryl/α,β-unsaturated/α-hetero) is 1. The van der Waals surface area contributed by atoms with E-state index in [0.717, 1.165) is 0 Å². The van der Waals surface area contributed by atoms with Gasteiger partial charge in [0, 0.05) is 30.1 Å². The van der Waals surface area contributed by atoms with Crippen LogP contribution in [0.4, 0.5) is 0 Å². The van der Waals surface area contributed by atoms with Crippen molar-refractivity contribution in [2.75, 3.05) is 0 Å². The van der Waals surface area contributed by atoms with Crippen LogP contribution in [-0.4, -0.2) is 15.8 Å². The molecule has 0 saturated heterocycles. The molecule has 0 bridgehead atoms. The van der Waals surface area contributed by atoms with E-state index in [1.54, 1.807) is 30.5 Å². The Kier molecular flexibility index (Phi) is 2.91. The van der Waals surface area contributed by atoms with E-state index < -0.39 is 0 Å². The molecule has 0 aliphatic rings. The average molecular weight is 214 g/mol. The van der Waals surface area contributed by atoms with Gasteiger partial charge in [0.2, 0.25) is 11.8 Å². The third kappa shape index (κ3) is 2.42. The summed E-state index contributed by atoms with van der Waals surface area (Å²) < 4.78 is 5.38. The molecule has 4 heteroatoms. The van der Waals surface area contributed by atoms with Gasteiger partial charge in [-0.05, 0) is 19.1 Å². The highest BCUT2D eigenvalue weighted by atomic mass is 16.5. The van der Waals surface area contributed by atoms with Crippen molar-refractivity contribution in [1.29, 1.82) is 0 Å². The van der Waals surface area contributed by atoms with Crippen molar-refractivity contribution in [3.05, 3.63) is 48.3 Å². The first-order chi connectivity index (χ1) is 7.75. The van der Waals surface area contributed by atoms with Crippen LogP contribution in [0, 0.1) is 0 Å². The van der Waals surface area contributed by atoms with E-state index in [0.29, 0.717) is 17.3 Å². The second kappa shape index (κ2) is 4.53. The lowest BCUT2D eigenvalue weighted by atomic mass is 10.2. The lowest BCUT2D eigenvalue weighted by molar-refractivity contribution is 0.101. The van der Waals surface area contributed by atoms with Crippen LogP contribution < -0.4 is 4.74 Å². The number of rotatable bonds is 3. The third-order valence-corrected chi connectivity index (χ3v) is 1.99. The summed E-state index contributed by atoms with van der Waals surface area (Å²) in [6.45, 7) is 1.50. The van der Waals surface area contributed by atoms with Crippen molar-refractivity contribution in [1.82, 2.24) is 9.97 Å². The Bertz CT molecular complexity index is 480. The Balaban J connectivity index is 2.14. The van der Waals surface area contributed by atoms with Gasteiger partial charge in [0.1, 0.15) is 0 Å². The van der Waals surface area contributed by atoms with Gasteiger partial charge in [0.25, 0.3) is 0 Å². The maximum atomic E-state index is 11.0. The molecule has 0 N–H and O–H groups in total.